The summed E-state index contributed by atoms with van der Waals surface area (Å²) in [6, 6.07) is 143. The highest BCUT2D eigenvalue weighted by Gasteiger charge is 2.47. The average Bonchev–Trinajstić information content (AvgIpc) is 0.689. The summed E-state index contributed by atoms with van der Waals surface area (Å²) >= 11 is 0. The summed E-state index contributed by atoms with van der Waals surface area (Å²) in [5.41, 5.74) is 38.0. The maximum atomic E-state index is 2.71. The molecule has 0 radical (unpaired) electrons. The van der Waals surface area contributed by atoms with E-state index in [0.29, 0.717) is 0 Å². The van der Waals surface area contributed by atoms with Crippen LogP contribution in [0.15, 0.2) is 376 Å². The predicted octanol–water partition coefficient (Wildman–Crippen LogP) is 30.3. The van der Waals surface area contributed by atoms with Crippen LogP contribution in [-0.4, -0.2) is 6.71 Å². The van der Waals surface area contributed by atoms with Gasteiger partial charge in [-0.3, -0.25) is 0 Å². The molecule has 3 heterocycles. The number of anilines is 15. The summed E-state index contributed by atoms with van der Waals surface area (Å²) in [6.45, 7) is 32.2. The van der Waals surface area contributed by atoms with Crippen molar-refractivity contribution in [3.8, 4) is 55.6 Å². The Morgan fingerprint density at radius 1 is 0.231 bits per heavy atom. The summed E-state index contributed by atoms with van der Waals surface area (Å²) in [7, 11) is 0. The Kier molecular flexibility index (Phi) is 19.3. The molecule has 19 rings (SSSR count). The van der Waals surface area contributed by atoms with Crippen LogP contribution in [0, 0.1) is 0 Å². The molecule has 0 saturated heterocycles. The molecule has 0 aliphatic carbocycles. The highest BCUT2D eigenvalue weighted by atomic mass is 15.2. The molecule has 16 aromatic rings. The Hall–Kier alpha value is -13.4. The molecule has 0 saturated carbocycles. The van der Waals surface area contributed by atoms with Crippen molar-refractivity contribution in [2.45, 2.75) is 124 Å². The topological polar surface area (TPSA) is 16.2 Å². The first-order valence-corrected chi connectivity index (χ1v) is 43.0. The first-order valence-electron chi connectivity index (χ1n) is 43.0. The van der Waals surface area contributed by atoms with Crippen LogP contribution in [0.4, 0.5) is 85.3 Å². The molecule has 6 heteroatoms. The normalized spacial score (nSPS) is 13.4. The van der Waals surface area contributed by atoms with Crippen LogP contribution < -0.4 is 40.9 Å². The van der Waals surface area contributed by atoms with Gasteiger partial charge in [-0.25, -0.2) is 0 Å². The molecule has 592 valence electrons. The van der Waals surface area contributed by atoms with Gasteiger partial charge in [0.25, 0.3) is 6.71 Å². The first-order chi connectivity index (χ1) is 58.3. The second-order valence-corrected chi connectivity index (χ2v) is 37.8. The van der Waals surface area contributed by atoms with Crippen LogP contribution >= 0.6 is 0 Å². The van der Waals surface area contributed by atoms with E-state index in [9.17, 15) is 0 Å². The number of benzene rings is 16. The van der Waals surface area contributed by atoms with E-state index in [-0.39, 0.29) is 28.4 Å². The summed E-state index contributed by atoms with van der Waals surface area (Å²) in [5, 5.41) is 0. The van der Waals surface area contributed by atoms with Crippen molar-refractivity contribution in [1.29, 1.82) is 0 Å². The summed E-state index contributed by atoms with van der Waals surface area (Å²) in [5.74, 6) is 0. The van der Waals surface area contributed by atoms with Crippen molar-refractivity contribution in [3.05, 3.63) is 409 Å². The van der Waals surface area contributed by atoms with Gasteiger partial charge in [0.15, 0.2) is 0 Å². The van der Waals surface area contributed by atoms with Gasteiger partial charge >= 0.3 is 0 Å². The zero-order valence-corrected chi connectivity index (χ0v) is 72.1. The van der Waals surface area contributed by atoms with Crippen LogP contribution in [0.1, 0.15) is 130 Å². The molecular formula is C115H104BN5. The van der Waals surface area contributed by atoms with E-state index >= 15 is 0 Å². The van der Waals surface area contributed by atoms with Crippen LogP contribution in [0.3, 0.4) is 0 Å². The lowest BCUT2D eigenvalue weighted by molar-refractivity contribution is 0.590. The van der Waals surface area contributed by atoms with E-state index in [1.54, 1.807) is 0 Å². The van der Waals surface area contributed by atoms with Crippen LogP contribution in [0.25, 0.3) is 55.6 Å². The van der Waals surface area contributed by atoms with E-state index in [1.807, 2.05) is 0 Å². The number of hydrogen-bond acceptors (Lipinski definition) is 5. The number of hydrogen-bond donors (Lipinski definition) is 0. The van der Waals surface area contributed by atoms with Gasteiger partial charge in [0.05, 0.1) is 22.7 Å². The average molecular weight is 1570 g/mol. The summed E-state index contributed by atoms with van der Waals surface area (Å²) in [6.07, 6.45) is 0. The summed E-state index contributed by atoms with van der Waals surface area (Å²) in [4.78, 5) is 12.9. The maximum absolute atomic E-state index is 2.71. The lowest BCUT2D eigenvalue weighted by Gasteiger charge is -2.46. The van der Waals surface area contributed by atoms with E-state index < -0.39 is 5.41 Å². The van der Waals surface area contributed by atoms with Crippen molar-refractivity contribution >= 4 is 108 Å². The lowest BCUT2D eigenvalue weighted by atomic mass is 9.33. The Morgan fingerprint density at radius 2 is 0.545 bits per heavy atom. The molecule has 0 bridgehead atoms. The van der Waals surface area contributed by atoms with Crippen molar-refractivity contribution in [2.75, 3.05) is 24.5 Å². The SMILES string of the molecule is CC(C)(C)c1ccc(N(c2ccc(C(C)(C)C)cc2)c2ccc3c(c2)N(c2c(-c4ccccc4)cccc2-c2ccccc2)c2cc(-c4ccc5c(c4)C(C)(C)c4ccccc4N5c4ccccc4)cc4c2B3c2ccc(N(c3ccc(C(C)(C)C)cc3)c3ccc(C(C)(C)C)cc3)cc2N4c2c(-c3ccccc3)cccc2-c2ccccc2)cc1. The zero-order chi connectivity index (χ0) is 83.4. The largest absolute Gasteiger partial charge is 0.310 e. The molecule has 0 aromatic heterocycles. The third kappa shape index (κ3) is 14.0. The third-order valence-corrected chi connectivity index (χ3v) is 25.5. The van der Waals surface area contributed by atoms with Gasteiger partial charge in [0.2, 0.25) is 0 Å². The van der Waals surface area contributed by atoms with Gasteiger partial charge in [-0.15, -0.1) is 0 Å². The maximum Gasteiger partial charge on any atom is 0.252 e. The Bertz CT molecular complexity index is 6000. The fourth-order valence-electron chi connectivity index (χ4n) is 18.9. The van der Waals surface area contributed by atoms with Crippen molar-refractivity contribution < 1.29 is 0 Å². The number of fused-ring (bicyclic) bond motifs is 6. The monoisotopic (exact) mass is 1570 g/mol. The minimum Gasteiger partial charge on any atom is -0.310 e. The van der Waals surface area contributed by atoms with Gasteiger partial charge in [0, 0.05) is 90.2 Å². The van der Waals surface area contributed by atoms with Gasteiger partial charge in [-0.1, -0.05) is 358 Å². The van der Waals surface area contributed by atoms with Crippen molar-refractivity contribution in [3.63, 3.8) is 0 Å². The molecule has 121 heavy (non-hydrogen) atoms. The van der Waals surface area contributed by atoms with Crippen molar-refractivity contribution in [2.24, 2.45) is 0 Å². The van der Waals surface area contributed by atoms with Gasteiger partial charge in [0.1, 0.15) is 0 Å². The first kappa shape index (κ1) is 77.5. The Morgan fingerprint density at radius 3 is 0.893 bits per heavy atom. The zero-order valence-electron chi connectivity index (χ0n) is 72.1. The Balaban J connectivity index is 0.979. The van der Waals surface area contributed by atoms with Gasteiger partial charge < -0.3 is 24.5 Å². The third-order valence-electron chi connectivity index (χ3n) is 25.5. The van der Waals surface area contributed by atoms with Crippen molar-refractivity contribution in [1.82, 2.24) is 0 Å². The van der Waals surface area contributed by atoms with Crippen LogP contribution in [0.2, 0.25) is 0 Å². The van der Waals surface area contributed by atoms with E-state index in [1.165, 1.54) is 55.5 Å². The molecule has 0 amide bonds. The molecular weight excluding hydrogens is 1460 g/mol. The molecule has 16 aromatic carbocycles. The molecule has 0 atom stereocenters. The molecule has 5 nitrogen and oxygen atoms in total. The molecule has 0 fully saturated rings. The highest BCUT2D eigenvalue weighted by Crippen LogP contribution is 2.58. The fourth-order valence-corrected chi connectivity index (χ4v) is 18.9. The van der Waals surface area contributed by atoms with E-state index in [2.05, 4.69) is 498 Å². The smallest absolute Gasteiger partial charge is 0.252 e. The van der Waals surface area contributed by atoms with Gasteiger partial charge in [-0.05, 0) is 220 Å². The highest BCUT2D eigenvalue weighted by molar-refractivity contribution is 7.00. The van der Waals surface area contributed by atoms with E-state index in [4.69, 9.17) is 0 Å². The van der Waals surface area contributed by atoms with Crippen LogP contribution in [0.5, 0.6) is 0 Å². The molecule has 0 unspecified atom stereocenters. The Labute approximate surface area is 717 Å². The quantitative estimate of drug-likeness (QED) is 0.101. The molecule has 0 N–H and O–H groups in total. The molecule has 3 aliphatic heterocycles. The lowest BCUT2D eigenvalue weighted by Crippen LogP contribution is -2.61. The predicted molar refractivity (Wildman–Crippen MR) is 519 cm³/mol. The minimum absolute atomic E-state index is 0.0615. The standard InChI is InChI=1S/C115H104BN5/c1-111(2,3)83-51-59-88(60-52-83)117(89-61-53-84(54-62-89)112(4,5)6)92-67-69-100-104(75-92)120(109-94(77-34-20-15-21-35-77)44-32-45-95(109)78-36-22-16-23-37-78)106-73-82(81-50-71-103-99(72-81)115(13,14)98-48-30-31-49-102(98)119(103)87-42-28-19-29-43-87)74-107-108(106)116(100)101-70-68-93(118(90-63-55-85(56-64-90)113(7,8)9)91-65-57-86(58-66-91)114(10,11)12)76-105(101)121(107)110-96(79-38-24-17-25-39-79)46-33-47-97(110)80-40-26-18-27-41-80/h15-76H,1-14H3. The molecule has 3 aliphatic rings. The second-order valence-electron chi connectivity index (χ2n) is 37.8. The second kappa shape index (κ2) is 30.1. The minimum atomic E-state index is -0.417. The van der Waals surface area contributed by atoms with Gasteiger partial charge in [-0.2, -0.15) is 0 Å². The number of rotatable bonds is 14. The number of nitrogens with zero attached hydrogens (tertiary/aromatic N) is 5. The summed E-state index contributed by atoms with van der Waals surface area (Å²) < 4.78 is 0. The molecule has 0 spiro atoms. The number of para-hydroxylation sites is 4. The van der Waals surface area contributed by atoms with Crippen LogP contribution in [-0.2, 0) is 27.1 Å². The van der Waals surface area contributed by atoms with E-state index in [0.717, 1.165) is 135 Å². The fraction of sp³-hybridized carbons (Fsp3) is 0.165.